The highest BCUT2D eigenvalue weighted by atomic mass is 79.9. The summed E-state index contributed by atoms with van der Waals surface area (Å²) in [6.07, 6.45) is 0. The number of benzene rings is 2. The monoisotopic (exact) mass is 478 g/mol. The SMILES string of the molecule is Fc1cc2[nH]c(=S)n(-c3ccc(Br)cc3Br)c2cc1Br. The summed E-state index contributed by atoms with van der Waals surface area (Å²) in [6.45, 7) is 0. The molecular formula is C13H6Br3FN2S. The molecule has 0 aliphatic rings. The van der Waals surface area contributed by atoms with Crippen molar-refractivity contribution in [2.45, 2.75) is 0 Å². The van der Waals surface area contributed by atoms with Crippen molar-refractivity contribution in [3.05, 3.63) is 54.3 Å². The largest absolute Gasteiger partial charge is 0.330 e. The Balaban J connectivity index is 2.39. The Kier molecular flexibility index (Phi) is 3.87. The Bertz CT molecular complexity index is 885. The van der Waals surface area contributed by atoms with Crippen molar-refractivity contribution >= 4 is 71.0 Å². The van der Waals surface area contributed by atoms with E-state index in [1.165, 1.54) is 6.07 Å². The Labute approximate surface area is 144 Å². The summed E-state index contributed by atoms with van der Waals surface area (Å²) in [6, 6.07) is 8.95. The first-order valence-corrected chi connectivity index (χ1v) is 8.31. The maximum absolute atomic E-state index is 13.6. The third-order valence-corrected chi connectivity index (χ3v) is 4.90. The number of H-pyrrole nitrogens is 1. The molecular weight excluding hydrogens is 475 g/mol. The van der Waals surface area contributed by atoms with Crippen molar-refractivity contribution in [2.75, 3.05) is 0 Å². The van der Waals surface area contributed by atoms with Gasteiger partial charge in [-0.3, -0.25) is 4.57 Å². The number of nitrogens with zero attached hydrogens (tertiary/aromatic N) is 1. The summed E-state index contributed by atoms with van der Waals surface area (Å²) in [5.41, 5.74) is 2.36. The third-order valence-electron chi connectivity index (χ3n) is 2.87. The van der Waals surface area contributed by atoms with Gasteiger partial charge in [0.25, 0.3) is 0 Å². The standard InChI is InChI=1S/C13H6Br3FN2S/c14-6-1-2-11(8(16)3-6)19-12-4-7(15)9(17)5-10(12)18-13(19)20/h1-5H,(H,18,20). The molecule has 0 atom stereocenters. The second-order valence-corrected chi connectivity index (χ2v) is 7.16. The van der Waals surface area contributed by atoms with Gasteiger partial charge in [-0.05, 0) is 68.3 Å². The lowest BCUT2D eigenvalue weighted by Gasteiger charge is -2.08. The molecule has 0 radical (unpaired) electrons. The van der Waals surface area contributed by atoms with Gasteiger partial charge in [0.1, 0.15) is 5.82 Å². The molecule has 20 heavy (non-hydrogen) atoms. The predicted molar refractivity (Wildman–Crippen MR) is 91.5 cm³/mol. The van der Waals surface area contributed by atoms with E-state index in [2.05, 4.69) is 52.8 Å². The lowest BCUT2D eigenvalue weighted by Crippen LogP contribution is -1.95. The van der Waals surface area contributed by atoms with Gasteiger partial charge in [-0.1, -0.05) is 15.9 Å². The number of hydrogen-bond donors (Lipinski definition) is 1. The van der Waals surface area contributed by atoms with Gasteiger partial charge in [-0.15, -0.1) is 0 Å². The van der Waals surface area contributed by atoms with Crippen LogP contribution in [-0.2, 0) is 0 Å². The minimum atomic E-state index is -0.323. The van der Waals surface area contributed by atoms with E-state index in [4.69, 9.17) is 12.2 Å². The van der Waals surface area contributed by atoms with Gasteiger partial charge >= 0.3 is 0 Å². The second-order valence-electron chi connectivity index (χ2n) is 4.14. The number of rotatable bonds is 1. The number of nitrogens with one attached hydrogen (secondary N) is 1. The highest BCUT2D eigenvalue weighted by molar-refractivity contribution is 9.11. The first-order valence-electron chi connectivity index (χ1n) is 5.52. The summed E-state index contributed by atoms with van der Waals surface area (Å²) in [4.78, 5) is 3.02. The summed E-state index contributed by atoms with van der Waals surface area (Å²) < 4.78 is 18.2. The van der Waals surface area contributed by atoms with Crippen LogP contribution >= 0.6 is 60.0 Å². The van der Waals surface area contributed by atoms with Crippen LogP contribution in [0.1, 0.15) is 0 Å². The molecule has 0 unspecified atom stereocenters. The molecule has 0 aliphatic heterocycles. The van der Waals surface area contributed by atoms with Crippen molar-refractivity contribution < 1.29 is 4.39 Å². The first-order chi connectivity index (χ1) is 9.47. The predicted octanol–water partition coefficient (Wildman–Crippen LogP) is 6.11. The highest BCUT2D eigenvalue weighted by Gasteiger charge is 2.12. The van der Waals surface area contributed by atoms with Crippen LogP contribution in [-0.4, -0.2) is 9.55 Å². The fourth-order valence-corrected chi connectivity index (χ4v) is 3.87. The van der Waals surface area contributed by atoms with Gasteiger partial charge in [-0.2, -0.15) is 0 Å². The average molecular weight is 481 g/mol. The minimum absolute atomic E-state index is 0.323. The van der Waals surface area contributed by atoms with Gasteiger partial charge in [0.15, 0.2) is 4.77 Å². The zero-order chi connectivity index (χ0) is 14.4. The molecule has 102 valence electrons. The number of fused-ring (bicyclic) bond motifs is 1. The van der Waals surface area contributed by atoms with Gasteiger partial charge in [0, 0.05) is 15.0 Å². The van der Waals surface area contributed by atoms with Crippen LogP contribution in [0, 0.1) is 10.6 Å². The molecule has 0 aliphatic carbocycles. The lowest BCUT2D eigenvalue weighted by atomic mass is 10.2. The van der Waals surface area contributed by atoms with Gasteiger partial charge in [0.05, 0.1) is 21.2 Å². The van der Waals surface area contributed by atoms with Crippen LogP contribution in [0.2, 0.25) is 0 Å². The smallest absolute Gasteiger partial charge is 0.182 e. The van der Waals surface area contributed by atoms with E-state index < -0.39 is 0 Å². The van der Waals surface area contributed by atoms with E-state index in [9.17, 15) is 4.39 Å². The van der Waals surface area contributed by atoms with E-state index in [1.807, 2.05) is 22.8 Å². The molecule has 1 aromatic heterocycles. The molecule has 7 heteroatoms. The summed E-state index contributed by atoms with van der Waals surface area (Å²) in [5.74, 6) is -0.323. The van der Waals surface area contributed by atoms with Crippen molar-refractivity contribution in [2.24, 2.45) is 0 Å². The number of imidazole rings is 1. The van der Waals surface area contributed by atoms with Crippen LogP contribution in [0.15, 0.2) is 43.7 Å². The molecule has 0 saturated heterocycles. The van der Waals surface area contributed by atoms with Gasteiger partial charge < -0.3 is 4.98 Å². The first kappa shape index (κ1) is 14.4. The number of aromatic amines is 1. The van der Waals surface area contributed by atoms with E-state index in [0.717, 1.165) is 20.1 Å². The topological polar surface area (TPSA) is 20.7 Å². The Morgan fingerprint density at radius 3 is 2.50 bits per heavy atom. The zero-order valence-electron chi connectivity index (χ0n) is 9.75. The molecule has 0 fully saturated rings. The van der Waals surface area contributed by atoms with E-state index in [1.54, 1.807) is 6.07 Å². The van der Waals surface area contributed by atoms with Crippen molar-refractivity contribution in [1.29, 1.82) is 0 Å². The number of halogens is 4. The molecule has 3 rings (SSSR count). The Morgan fingerprint density at radius 2 is 1.80 bits per heavy atom. The second kappa shape index (κ2) is 5.36. The summed E-state index contributed by atoms with van der Waals surface area (Å²) >= 11 is 15.5. The molecule has 0 bridgehead atoms. The van der Waals surface area contributed by atoms with E-state index in [-0.39, 0.29) is 5.82 Å². The maximum atomic E-state index is 13.6. The summed E-state index contributed by atoms with van der Waals surface area (Å²) in [7, 11) is 0. The maximum Gasteiger partial charge on any atom is 0.182 e. The third kappa shape index (κ3) is 2.41. The van der Waals surface area contributed by atoms with Crippen molar-refractivity contribution in [3.8, 4) is 5.69 Å². The average Bonchev–Trinajstić information content (AvgIpc) is 2.66. The molecule has 2 aromatic carbocycles. The van der Waals surface area contributed by atoms with Crippen molar-refractivity contribution in [1.82, 2.24) is 9.55 Å². The van der Waals surface area contributed by atoms with Crippen LogP contribution in [0.25, 0.3) is 16.7 Å². The van der Waals surface area contributed by atoms with Crippen LogP contribution < -0.4 is 0 Å². The molecule has 2 nitrogen and oxygen atoms in total. The number of hydrogen-bond acceptors (Lipinski definition) is 1. The lowest BCUT2D eigenvalue weighted by molar-refractivity contribution is 0.623. The van der Waals surface area contributed by atoms with E-state index >= 15 is 0 Å². The van der Waals surface area contributed by atoms with Crippen LogP contribution in [0.3, 0.4) is 0 Å². The van der Waals surface area contributed by atoms with E-state index in [0.29, 0.717) is 14.8 Å². The quantitative estimate of drug-likeness (QED) is 0.416. The van der Waals surface area contributed by atoms with Gasteiger partial charge in [0.2, 0.25) is 0 Å². The summed E-state index contributed by atoms with van der Waals surface area (Å²) in [5, 5.41) is 0. The normalized spacial score (nSPS) is 11.2. The molecule has 1 heterocycles. The highest BCUT2D eigenvalue weighted by Crippen LogP contribution is 2.30. The molecule has 1 N–H and O–H groups in total. The molecule has 0 amide bonds. The van der Waals surface area contributed by atoms with Crippen LogP contribution in [0.5, 0.6) is 0 Å². The zero-order valence-corrected chi connectivity index (χ0v) is 15.3. The molecule has 0 spiro atoms. The van der Waals surface area contributed by atoms with Crippen molar-refractivity contribution in [3.63, 3.8) is 0 Å². The molecule has 3 aromatic rings. The fraction of sp³-hybridized carbons (Fsp3) is 0. The van der Waals surface area contributed by atoms with Gasteiger partial charge in [-0.25, -0.2) is 4.39 Å². The fourth-order valence-electron chi connectivity index (χ4n) is 2.00. The molecule has 0 saturated carbocycles. The minimum Gasteiger partial charge on any atom is -0.330 e. The Morgan fingerprint density at radius 1 is 1.05 bits per heavy atom. The number of aromatic nitrogens is 2. The van der Waals surface area contributed by atoms with Crippen LogP contribution in [0.4, 0.5) is 4.39 Å². The Hall–Kier alpha value is -0.500.